The van der Waals surface area contributed by atoms with E-state index in [0.29, 0.717) is 18.0 Å². The van der Waals surface area contributed by atoms with Crippen LogP contribution >= 0.6 is 0 Å². The van der Waals surface area contributed by atoms with E-state index in [1.165, 1.54) is 12.8 Å². The van der Waals surface area contributed by atoms with E-state index in [1.807, 2.05) is 14.1 Å². The van der Waals surface area contributed by atoms with E-state index in [1.54, 1.807) is 12.4 Å². The molecule has 1 N–H and O–H groups in total. The molecule has 1 fully saturated rings. The summed E-state index contributed by atoms with van der Waals surface area (Å²) in [6, 6.07) is 0. The van der Waals surface area contributed by atoms with Gasteiger partial charge in [0, 0.05) is 31.4 Å². The summed E-state index contributed by atoms with van der Waals surface area (Å²) in [6.45, 7) is 5.83. The zero-order valence-corrected chi connectivity index (χ0v) is 12.8. The second kappa shape index (κ2) is 5.87. The summed E-state index contributed by atoms with van der Waals surface area (Å²) in [5.41, 5.74) is 0.573. The lowest BCUT2D eigenvalue weighted by Gasteiger charge is -2.28. The van der Waals surface area contributed by atoms with Crippen molar-refractivity contribution >= 4 is 5.91 Å². The fraction of sp³-hybridized carbons (Fsp3) is 0.667. The van der Waals surface area contributed by atoms with Crippen molar-refractivity contribution in [2.24, 2.45) is 5.41 Å². The van der Waals surface area contributed by atoms with Crippen molar-refractivity contribution in [3.63, 3.8) is 0 Å². The number of hydrogen-bond acceptors (Lipinski definition) is 4. The van der Waals surface area contributed by atoms with Gasteiger partial charge in [-0.15, -0.1) is 0 Å². The van der Waals surface area contributed by atoms with Gasteiger partial charge in [-0.1, -0.05) is 13.8 Å². The third-order valence-corrected chi connectivity index (χ3v) is 3.35. The standard InChI is InChI=1S/C15H24N4O/c1-15(2,10-19(3)4)9-18-14(20)12-7-16-13(17-8-12)11-5-6-11/h7-8,11H,5-6,9-10H2,1-4H3,(H,18,20). The zero-order chi connectivity index (χ0) is 14.8. The van der Waals surface area contributed by atoms with E-state index in [4.69, 9.17) is 0 Å². The van der Waals surface area contributed by atoms with Gasteiger partial charge >= 0.3 is 0 Å². The van der Waals surface area contributed by atoms with Crippen LogP contribution in [-0.4, -0.2) is 48.0 Å². The lowest BCUT2D eigenvalue weighted by atomic mass is 9.93. The number of hydrogen-bond donors (Lipinski definition) is 1. The van der Waals surface area contributed by atoms with Crippen LogP contribution in [0.4, 0.5) is 0 Å². The number of nitrogens with zero attached hydrogens (tertiary/aromatic N) is 3. The SMILES string of the molecule is CN(C)CC(C)(C)CNC(=O)c1cnc(C2CC2)nc1. The van der Waals surface area contributed by atoms with Gasteiger partial charge in [0.25, 0.3) is 5.91 Å². The van der Waals surface area contributed by atoms with Crippen LogP contribution in [0.5, 0.6) is 0 Å². The Balaban J connectivity index is 1.87. The summed E-state index contributed by atoms with van der Waals surface area (Å²) in [7, 11) is 4.07. The fourth-order valence-corrected chi connectivity index (χ4v) is 2.34. The molecule has 1 aliphatic carbocycles. The summed E-state index contributed by atoms with van der Waals surface area (Å²) in [5, 5.41) is 2.96. The van der Waals surface area contributed by atoms with E-state index >= 15 is 0 Å². The van der Waals surface area contributed by atoms with Crippen LogP contribution in [0, 0.1) is 5.41 Å². The molecule has 2 rings (SSSR count). The van der Waals surface area contributed by atoms with Gasteiger partial charge in [-0.05, 0) is 32.4 Å². The lowest BCUT2D eigenvalue weighted by molar-refractivity contribution is 0.0928. The van der Waals surface area contributed by atoms with Crippen molar-refractivity contribution in [2.75, 3.05) is 27.2 Å². The quantitative estimate of drug-likeness (QED) is 0.858. The van der Waals surface area contributed by atoms with Gasteiger partial charge in [0.2, 0.25) is 0 Å². The van der Waals surface area contributed by atoms with Crippen molar-refractivity contribution in [2.45, 2.75) is 32.6 Å². The molecule has 110 valence electrons. The van der Waals surface area contributed by atoms with Crippen LogP contribution in [0.1, 0.15) is 48.8 Å². The number of amides is 1. The van der Waals surface area contributed by atoms with Gasteiger partial charge in [-0.2, -0.15) is 0 Å². The first-order valence-electron chi connectivity index (χ1n) is 7.12. The molecule has 5 heteroatoms. The Morgan fingerprint density at radius 3 is 2.45 bits per heavy atom. The highest BCUT2D eigenvalue weighted by Gasteiger charge is 2.26. The highest BCUT2D eigenvalue weighted by molar-refractivity contribution is 5.93. The molecule has 1 saturated carbocycles. The molecule has 1 aromatic heterocycles. The molecular weight excluding hydrogens is 252 g/mol. The van der Waals surface area contributed by atoms with Crippen molar-refractivity contribution in [3.8, 4) is 0 Å². The highest BCUT2D eigenvalue weighted by atomic mass is 16.1. The van der Waals surface area contributed by atoms with Crippen molar-refractivity contribution in [1.82, 2.24) is 20.2 Å². The Hall–Kier alpha value is -1.49. The molecule has 0 aromatic carbocycles. The minimum Gasteiger partial charge on any atom is -0.351 e. The molecule has 1 amide bonds. The predicted octanol–water partition coefficient (Wildman–Crippen LogP) is 1.67. The summed E-state index contributed by atoms with van der Waals surface area (Å²) in [4.78, 5) is 22.7. The Morgan fingerprint density at radius 1 is 1.35 bits per heavy atom. The van der Waals surface area contributed by atoms with Crippen LogP contribution in [-0.2, 0) is 0 Å². The third kappa shape index (κ3) is 4.27. The summed E-state index contributed by atoms with van der Waals surface area (Å²) in [6.07, 6.45) is 5.61. The minimum absolute atomic E-state index is 0.0357. The van der Waals surface area contributed by atoms with Crippen molar-refractivity contribution in [3.05, 3.63) is 23.8 Å². The van der Waals surface area contributed by atoms with Crippen molar-refractivity contribution in [1.29, 1.82) is 0 Å². The number of carbonyl (C=O) groups excluding carboxylic acids is 1. The van der Waals surface area contributed by atoms with Crippen LogP contribution in [0.15, 0.2) is 12.4 Å². The van der Waals surface area contributed by atoms with E-state index < -0.39 is 0 Å². The van der Waals surface area contributed by atoms with Crippen LogP contribution in [0.25, 0.3) is 0 Å². The number of rotatable bonds is 6. The molecule has 5 nitrogen and oxygen atoms in total. The monoisotopic (exact) mass is 276 g/mol. The molecule has 0 spiro atoms. The topological polar surface area (TPSA) is 58.1 Å². The number of aromatic nitrogens is 2. The van der Waals surface area contributed by atoms with Gasteiger partial charge in [0.1, 0.15) is 5.82 Å². The van der Waals surface area contributed by atoms with E-state index in [0.717, 1.165) is 12.4 Å². The Bertz CT molecular complexity index is 463. The molecule has 0 aliphatic heterocycles. The van der Waals surface area contributed by atoms with E-state index in [2.05, 4.69) is 34.0 Å². The molecule has 0 radical (unpaired) electrons. The van der Waals surface area contributed by atoms with E-state index in [9.17, 15) is 4.79 Å². The highest BCUT2D eigenvalue weighted by Crippen LogP contribution is 2.37. The maximum absolute atomic E-state index is 12.1. The Labute approximate surface area is 120 Å². The first-order valence-corrected chi connectivity index (χ1v) is 7.12. The molecule has 1 heterocycles. The smallest absolute Gasteiger partial charge is 0.254 e. The van der Waals surface area contributed by atoms with Gasteiger partial charge in [-0.3, -0.25) is 4.79 Å². The molecule has 20 heavy (non-hydrogen) atoms. The maximum atomic E-state index is 12.1. The second-order valence-electron chi connectivity index (χ2n) is 6.69. The van der Waals surface area contributed by atoms with Crippen LogP contribution in [0.2, 0.25) is 0 Å². The fourth-order valence-electron chi connectivity index (χ4n) is 2.34. The van der Waals surface area contributed by atoms with Gasteiger partial charge in [-0.25, -0.2) is 9.97 Å². The zero-order valence-electron chi connectivity index (χ0n) is 12.8. The van der Waals surface area contributed by atoms with Gasteiger partial charge in [0.05, 0.1) is 5.56 Å². The lowest BCUT2D eigenvalue weighted by Crippen LogP contribution is -2.40. The van der Waals surface area contributed by atoms with Crippen LogP contribution < -0.4 is 5.32 Å². The van der Waals surface area contributed by atoms with Gasteiger partial charge < -0.3 is 10.2 Å². The predicted molar refractivity (Wildman–Crippen MR) is 78.7 cm³/mol. The third-order valence-electron chi connectivity index (χ3n) is 3.35. The molecule has 0 bridgehead atoms. The molecular formula is C15H24N4O. The molecule has 1 aromatic rings. The van der Waals surface area contributed by atoms with Crippen molar-refractivity contribution < 1.29 is 4.79 Å². The number of carbonyl (C=O) groups is 1. The molecule has 0 saturated heterocycles. The first kappa shape index (κ1) is 14.9. The average molecular weight is 276 g/mol. The second-order valence-corrected chi connectivity index (χ2v) is 6.69. The largest absolute Gasteiger partial charge is 0.351 e. The average Bonchev–Trinajstić information content (AvgIpc) is 3.19. The van der Waals surface area contributed by atoms with Gasteiger partial charge in [0.15, 0.2) is 0 Å². The first-order chi connectivity index (χ1) is 9.37. The number of nitrogens with one attached hydrogen (secondary N) is 1. The Morgan fingerprint density at radius 2 is 1.95 bits per heavy atom. The van der Waals surface area contributed by atoms with E-state index in [-0.39, 0.29) is 11.3 Å². The summed E-state index contributed by atoms with van der Waals surface area (Å²) in [5.74, 6) is 1.29. The summed E-state index contributed by atoms with van der Waals surface area (Å²) >= 11 is 0. The van der Waals surface area contributed by atoms with Crippen LogP contribution in [0.3, 0.4) is 0 Å². The summed E-state index contributed by atoms with van der Waals surface area (Å²) < 4.78 is 0. The normalized spacial score (nSPS) is 15.4. The Kier molecular flexibility index (Phi) is 4.38. The molecule has 0 unspecified atom stereocenters. The maximum Gasteiger partial charge on any atom is 0.254 e. The minimum atomic E-state index is -0.0980. The molecule has 1 aliphatic rings. The molecule has 0 atom stereocenters.